The van der Waals surface area contributed by atoms with Crippen LogP contribution in [0.5, 0.6) is 17.2 Å². The highest BCUT2D eigenvalue weighted by Gasteiger charge is 2.17. The van der Waals surface area contributed by atoms with Crippen LogP contribution in [-0.2, 0) is 11.3 Å². The highest BCUT2D eigenvalue weighted by atomic mass is 32.1. The fraction of sp³-hybridized carbons (Fsp3) is 0.458. The minimum atomic E-state index is 0.658. The van der Waals surface area contributed by atoms with E-state index in [1.54, 1.807) is 21.3 Å². The van der Waals surface area contributed by atoms with Gasteiger partial charge in [-0.25, -0.2) is 0 Å². The van der Waals surface area contributed by atoms with Crippen LogP contribution in [0.2, 0.25) is 0 Å². The van der Waals surface area contributed by atoms with Gasteiger partial charge >= 0.3 is 0 Å². The summed E-state index contributed by atoms with van der Waals surface area (Å²) in [5.74, 6) is 2.25. The summed E-state index contributed by atoms with van der Waals surface area (Å²) in [5.41, 5.74) is 3.14. The Morgan fingerprint density at radius 1 is 1.03 bits per heavy atom. The van der Waals surface area contributed by atoms with Gasteiger partial charge in [-0.3, -0.25) is 4.90 Å². The monoisotopic (exact) mass is 459 g/mol. The zero-order valence-electron chi connectivity index (χ0n) is 19.3. The molecule has 0 saturated carbocycles. The molecule has 0 aromatic heterocycles. The lowest BCUT2D eigenvalue weighted by molar-refractivity contribution is 0.0358. The van der Waals surface area contributed by atoms with Gasteiger partial charge in [0.05, 0.1) is 34.5 Å². The predicted octanol–water partition coefficient (Wildman–Crippen LogP) is 3.55. The molecule has 2 aromatic rings. The van der Waals surface area contributed by atoms with Gasteiger partial charge in [0.15, 0.2) is 16.6 Å². The van der Waals surface area contributed by atoms with Crippen LogP contribution in [0.1, 0.15) is 11.1 Å². The molecule has 2 aromatic carbocycles. The molecule has 0 bridgehead atoms. The minimum absolute atomic E-state index is 0.658. The van der Waals surface area contributed by atoms with Crippen molar-refractivity contribution >= 4 is 23.0 Å². The Hall–Kier alpha value is -2.55. The van der Waals surface area contributed by atoms with E-state index < -0.39 is 0 Å². The molecule has 0 radical (unpaired) electrons. The number of nitrogens with one attached hydrogen (secondary N) is 1. The molecule has 1 fully saturated rings. The van der Waals surface area contributed by atoms with Crippen molar-refractivity contribution in [2.75, 3.05) is 66.0 Å². The second-order valence-electron chi connectivity index (χ2n) is 7.68. The number of thiocarbonyl (C=S) groups is 1. The number of nitrogens with zero attached hydrogens (tertiary/aromatic N) is 2. The maximum Gasteiger partial charge on any atom is 0.173 e. The Kier molecular flexibility index (Phi) is 8.96. The Labute approximate surface area is 196 Å². The third-order valence-electron chi connectivity index (χ3n) is 5.57. The number of ether oxygens (including phenoxy) is 4. The first-order valence-electron chi connectivity index (χ1n) is 10.8. The van der Waals surface area contributed by atoms with E-state index in [1.165, 1.54) is 0 Å². The molecule has 7 nitrogen and oxygen atoms in total. The Balaban J connectivity index is 1.75. The molecule has 1 saturated heterocycles. The predicted molar refractivity (Wildman–Crippen MR) is 131 cm³/mol. The fourth-order valence-corrected chi connectivity index (χ4v) is 3.90. The lowest BCUT2D eigenvalue weighted by atomic mass is 10.2. The van der Waals surface area contributed by atoms with Gasteiger partial charge in [0.2, 0.25) is 0 Å². The van der Waals surface area contributed by atoms with Gasteiger partial charge in [-0.15, -0.1) is 0 Å². The second kappa shape index (κ2) is 11.9. The molecule has 0 unspecified atom stereocenters. The standard InChI is InChI=1S/C24H33N3O4S/c1-18-15-20(28-2)6-7-21(18)25-24(32)27(10-9-26-11-13-31-14-12-26)17-19-5-8-22(29-3)23(16-19)30-4/h5-8,15-16H,9-14,17H2,1-4H3,(H,25,32). The molecular formula is C24H33N3O4S. The number of hydrogen-bond donors (Lipinski definition) is 1. The van der Waals surface area contributed by atoms with Crippen molar-refractivity contribution in [1.29, 1.82) is 0 Å². The smallest absolute Gasteiger partial charge is 0.173 e. The molecular weight excluding hydrogens is 426 g/mol. The number of hydrogen-bond acceptors (Lipinski definition) is 6. The van der Waals surface area contributed by atoms with Crippen molar-refractivity contribution < 1.29 is 18.9 Å². The van der Waals surface area contributed by atoms with Crippen molar-refractivity contribution in [2.45, 2.75) is 13.5 Å². The highest BCUT2D eigenvalue weighted by Crippen LogP contribution is 2.28. The van der Waals surface area contributed by atoms with Gasteiger partial charge in [0, 0.05) is 38.4 Å². The molecule has 1 N–H and O–H groups in total. The average Bonchev–Trinajstić information content (AvgIpc) is 2.83. The summed E-state index contributed by atoms with van der Waals surface area (Å²) in [6, 6.07) is 11.9. The molecule has 0 aliphatic carbocycles. The highest BCUT2D eigenvalue weighted by molar-refractivity contribution is 7.80. The van der Waals surface area contributed by atoms with Gasteiger partial charge in [0.1, 0.15) is 5.75 Å². The van der Waals surface area contributed by atoms with Crippen molar-refractivity contribution in [1.82, 2.24) is 9.80 Å². The SMILES string of the molecule is COc1ccc(NC(=S)N(CCN2CCOCC2)Cc2ccc(OC)c(OC)c2)c(C)c1. The van der Waals surface area contributed by atoms with Crippen molar-refractivity contribution in [3.8, 4) is 17.2 Å². The Morgan fingerprint density at radius 3 is 2.44 bits per heavy atom. The molecule has 1 heterocycles. The Morgan fingerprint density at radius 2 is 1.78 bits per heavy atom. The van der Waals surface area contributed by atoms with E-state index in [9.17, 15) is 0 Å². The summed E-state index contributed by atoms with van der Waals surface area (Å²) in [4.78, 5) is 4.60. The van der Waals surface area contributed by atoms with Gasteiger partial charge in [-0.2, -0.15) is 0 Å². The topological polar surface area (TPSA) is 55.4 Å². The first kappa shape index (κ1) is 24.1. The molecule has 0 spiro atoms. The number of rotatable bonds is 9. The summed E-state index contributed by atoms with van der Waals surface area (Å²) < 4.78 is 21.7. The molecule has 8 heteroatoms. The van der Waals surface area contributed by atoms with Crippen LogP contribution in [0.4, 0.5) is 5.69 Å². The van der Waals surface area contributed by atoms with E-state index >= 15 is 0 Å². The maximum absolute atomic E-state index is 5.84. The van der Waals surface area contributed by atoms with Crippen LogP contribution in [0.15, 0.2) is 36.4 Å². The largest absolute Gasteiger partial charge is 0.497 e. The number of benzene rings is 2. The van der Waals surface area contributed by atoms with Crippen LogP contribution in [0.25, 0.3) is 0 Å². The molecule has 1 aliphatic rings. The summed E-state index contributed by atoms with van der Waals surface area (Å²) in [6.07, 6.45) is 0. The van der Waals surface area contributed by atoms with E-state index in [4.69, 9.17) is 31.2 Å². The fourth-order valence-electron chi connectivity index (χ4n) is 3.64. The van der Waals surface area contributed by atoms with E-state index in [0.717, 1.165) is 62.0 Å². The van der Waals surface area contributed by atoms with Crippen LogP contribution >= 0.6 is 12.2 Å². The second-order valence-corrected chi connectivity index (χ2v) is 8.06. The zero-order valence-corrected chi connectivity index (χ0v) is 20.2. The van der Waals surface area contributed by atoms with Crippen LogP contribution < -0.4 is 19.5 Å². The van der Waals surface area contributed by atoms with Crippen LogP contribution in [0, 0.1) is 6.92 Å². The van der Waals surface area contributed by atoms with Crippen LogP contribution in [0.3, 0.4) is 0 Å². The van der Waals surface area contributed by atoms with E-state index in [1.807, 2.05) is 43.3 Å². The Bertz CT molecular complexity index is 903. The maximum atomic E-state index is 5.84. The van der Waals surface area contributed by atoms with Crippen LogP contribution in [-0.4, -0.2) is 75.6 Å². The van der Waals surface area contributed by atoms with Gasteiger partial charge < -0.3 is 29.2 Å². The van der Waals surface area contributed by atoms with Gasteiger partial charge in [-0.05, 0) is 60.6 Å². The third kappa shape index (κ3) is 6.48. The lowest BCUT2D eigenvalue weighted by Crippen LogP contribution is -2.44. The summed E-state index contributed by atoms with van der Waals surface area (Å²) in [6.45, 7) is 7.87. The summed E-state index contributed by atoms with van der Waals surface area (Å²) >= 11 is 5.84. The molecule has 32 heavy (non-hydrogen) atoms. The van der Waals surface area contributed by atoms with Crippen molar-refractivity contribution in [3.05, 3.63) is 47.5 Å². The molecule has 0 amide bonds. The molecule has 0 atom stereocenters. The summed E-state index contributed by atoms with van der Waals surface area (Å²) in [5, 5.41) is 4.11. The van der Waals surface area contributed by atoms with E-state index in [-0.39, 0.29) is 0 Å². The quantitative estimate of drug-likeness (QED) is 0.572. The lowest BCUT2D eigenvalue weighted by Gasteiger charge is -2.32. The molecule has 3 rings (SSSR count). The average molecular weight is 460 g/mol. The number of morpholine rings is 1. The van der Waals surface area contributed by atoms with E-state index in [2.05, 4.69) is 15.1 Å². The number of methoxy groups -OCH3 is 3. The number of aryl methyl sites for hydroxylation is 1. The third-order valence-corrected chi connectivity index (χ3v) is 5.93. The van der Waals surface area contributed by atoms with Gasteiger partial charge in [-0.1, -0.05) is 6.07 Å². The van der Waals surface area contributed by atoms with Gasteiger partial charge in [0.25, 0.3) is 0 Å². The van der Waals surface area contributed by atoms with Crippen molar-refractivity contribution in [2.24, 2.45) is 0 Å². The molecule has 1 aliphatic heterocycles. The molecule has 174 valence electrons. The minimum Gasteiger partial charge on any atom is -0.497 e. The normalized spacial score (nSPS) is 14.0. The first-order valence-corrected chi connectivity index (χ1v) is 11.2. The first-order chi connectivity index (χ1) is 15.5. The zero-order chi connectivity index (χ0) is 22.9. The number of anilines is 1. The summed E-state index contributed by atoms with van der Waals surface area (Å²) in [7, 11) is 4.96. The van der Waals surface area contributed by atoms with E-state index in [0.29, 0.717) is 23.2 Å². The van der Waals surface area contributed by atoms with Crippen molar-refractivity contribution in [3.63, 3.8) is 0 Å².